The molecule has 1 aliphatic rings. The number of rotatable bonds is 3. The summed E-state index contributed by atoms with van der Waals surface area (Å²) in [5, 5.41) is 9.41. The van der Waals surface area contributed by atoms with E-state index in [-0.39, 0.29) is 11.5 Å². The van der Waals surface area contributed by atoms with Crippen LogP contribution in [0.2, 0.25) is 0 Å². The Morgan fingerprint density at radius 3 is 2.62 bits per heavy atom. The van der Waals surface area contributed by atoms with Crippen molar-refractivity contribution >= 4 is 18.0 Å². The van der Waals surface area contributed by atoms with Crippen LogP contribution in [0.1, 0.15) is 28.3 Å². The average Bonchev–Trinajstić information content (AvgIpc) is 3.10. The van der Waals surface area contributed by atoms with Gasteiger partial charge in [0, 0.05) is 19.2 Å². The van der Waals surface area contributed by atoms with E-state index >= 15 is 0 Å². The largest absolute Gasteiger partial charge is 0.420 e. The van der Waals surface area contributed by atoms with Crippen molar-refractivity contribution in [1.82, 2.24) is 4.98 Å². The Morgan fingerprint density at radius 1 is 1.08 bits per heavy atom. The normalized spacial score (nSPS) is 13.6. The number of nitrogens with zero attached hydrogens (tertiary/aromatic N) is 3. The molecule has 1 aliphatic heterocycles. The van der Waals surface area contributed by atoms with E-state index in [2.05, 4.69) is 23.2 Å². The minimum absolute atomic E-state index is 0.280. The highest BCUT2D eigenvalue weighted by atomic mass is 19.1. The van der Waals surface area contributed by atoms with E-state index in [1.165, 1.54) is 23.3 Å². The van der Waals surface area contributed by atoms with Crippen LogP contribution in [0.4, 0.5) is 10.3 Å². The maximum absolute atomic E-state index is 13.0. The predicted molar refractivity (Wildman–Crippen MR) is 97.7 cm³/mol. The molecule has 26 heavy (non-hydrogen) atoms. The molecule has 0 spiro atoms. The number of aromatic nitrogens is 1. The first-order valence-electron chi connectivity index (χ1n) is 8.39. The maximum Gasteiger partial charge on any atom is 0.235 e. The summed E-state index contributed by atoms with van der Waals surface area (Å²) in [5.74, 6) is 0.582. The number of benzene rings is 2. The zero-order valence-electron chi connectivity index (χ0n) is 14.0. The molecule has 2 heterocycles. The van der Waals surface area contributed by atoms with Crippen molar-refractivity contribution < 1.29 is 8.81 Å². The van der Waals surface area contributed by atoms with Gasteiger partial charge < -0.3 is 9.32 Å². The van der Waals surface area contributed by atoms with E-state index in [0.717, 1.165) is 18.5 Å². The van der Waals surface area contributed by atoms with Crippen molar-refractivity contribution in [3.63, 3.8) is 0 Å². The molecule has 4 rings (SSSR count). The van der Waals surface area contributed by atoms with Crippen molar-refractivity contribution in [2.75, 3.05) is 11.4 Å². The van der Waals surface area contributed by atoms with E-state index < -0.39 is 0 Å². The lowest BCUT2D eigenvalue weighted by Crippen LogP contribution is -2.30. The molecule has 0 atom stereocenters. The van der Waals surface area contributed by atoms with E-state index in [4.69, 9.17) is 4.42 Å². The van der Waals surface area contributed by atoms with Crippen molar-refractivity contribution in [3.8, 4) is 6.07 Å². The van der Waals surface area contributed by atoms with E-state index in [0.29, 0.717) is 18.3 Å². The molecule has 0 N–H and O–H groups in total. The number of fused-ring (bicyclic) bond motifs is 1. The van der Waals surface area contributed by atoms with Crippen LogP contribution in [0, 0.1) is 17.1 Å². The molecule has 3 aromatic rings. The summed E-state index contributed by atoms with van der Waals surface area (Å²) in [6.07, 6.45) is 4.37. The van der Waals surface area contributed by atoms with Gasteiger partial charge in [0.05, 0.1) is 0 Å². The molecular weight excluding hydrogens is 329 g/mol. The Kier molecular flexibility index (Phi) is 4.24. The lowest BCUT2D eigenvalue weighted by Gasteiger charge is -2.28. The SMILES string of the molecule is N#Cc1nc(C=Cc2ccc(F)cc2)oc1N1CCc2ccccc2C1. The van der Waals surface area contributed by atoms with Crippen LogP contribution in [0.15, 0.2) is 52.9 Å². The highest BCUT2D eigenvalue weighted by Gasteiger charge is 2.23. The van der Waals surface area contributed by atoms with Gasteiger partial charge in [-0.1, -0.05) is 36.4 Å². The third-order valence-electron chi connectivity index (χ3n) is 4.44. The summed E-state index contributed by atoms with van der Waals surface area (Å²) < 4.78 is 18.8. The third-order valence-corrected chi connectivity index (χ3v) is 4.44. The summed E-state index contributed by atoms with van der Waals surface area (Å²) in [4.78, 5) is 6.31. The summed E-state index contributed by atoms with van der Waals surface area (Å²) in [6, 6.07) is 16.5. The van der Waals surface area contributed by atoms with Gasteiger partial charge in [-0.2, -0.15) is 10.2 Å². The molecule has 0 bridgehead atoms. The Labute approximate surface area is 150 Å². The molecular formula is C21H16FN3O. The first kappa shape index (κ1) is 16.1. The number of anilines is 1. The molecule has 0 unspecified atom stereocenters. The highest BCUT2D eigenvalue weighted by Crippen LogP contribution is 2.28. The molecule has 0 radical (unpaired) electrons. The number of nitriles is 1. The fourth-order valence-electron chi connectivity index (χ4n) is 3.10. The quantitative estimate of drug-likeness (QED) is 0.705. The molecule has 0 saturated carbocycles. The smallest absolute Gasteiger partial charge is 0.235 e. The van der Waals surface area contributed by atoms with Crippen LogP contribution < -0.4 is 4.90 Å². The van der Waals surface area contributed by atoms with E-state index in [9.17, 15) is 9.65 Å². The van der Waals surface area contributed by atoms with E-state index in [1.54, 1.807) is 24.3 Å². The molecule has 0 aliphatic carbocycles. The van der Waals surface area contributed by atoms with Crippen molar-refractivity contribution in [2.45, 2.75) is 13.0 Å². The first-order valence-corrected chi connectivity index (χ1v) is 8.39. The van der Waals surface area contributed by atoms with Gasteiger partial charge in [-0.3, -0.25) is 0 Å². The first-order chi connectivity index (χ1) is 12.7. The maximum atomic E-state index is 13.0. The van der Waals surface area contributed by atoms with Crippen LogP contribution in [0.5, 0.6) is 0 Å². The molecule has 0 saturated heterocycles. The van der Waals surface area contributed by atoms with Crippen LogP contribution >= 0.6 is 0 Å². The topological polar surface area (TPSA) is 53.1 Å². The predicted octanol–water partition coefficient (Wildman–Crippen LogP) is 4.42. The van der Waals surface area contributed by atoms with Crippen molar-refractivity contribution in [2.24, 2.45) is 0 Å². The summed E-state index contributed by atoms with van der Waals surface area (Å²) in [7, 11) is 0. The second kappa shape index (κ2) is 6.85. The van der Waals surface area contributed by atoms with Gasteiger partial charge in [-0.05, 0) is 41.3 Å². The Hall–Kier alpha value is -3.39. The zero-order valence-corrected chi connectivity index (χ0v) is 14.0. The van der Waals surface area contributed by atoms with Crippen molar-refractivity contribution in [1.29, 1.82) is 5.26 Å². The lowest BCUT2D eigenvalue weighted by atomic mass is 10.00. The van der Waals surface area contributed by atoms with Gasteiger partial charge in [0.2, 0.25) is 17.5 Å². The Bertz CT molecular complexity index is 999. The van der Waals surface area contributed by atoms with Gasteiger partial charge in [0.1, 0.15) is 11.9 Å². The third kappa shape index (κ3) is 3.22. The number of hydrogen-bond donors (Lipinski definition) is 0. The van der Waals surface area contributed by atoms with Gasteiger partial charge >= 0.3 is 0 Å². The second-order valence-corrected chi connectivity index (χ2v) is 6.14. The molecule has 2 aromatic carbocycles. The number of oxazole rings is 1. The van der Waals surface area contributed by atoms with Crippen LogP contribution in [-0.4, -0.2) is 11.5 Å². The number of hydrogen-bond acceptors (Lipinski definition) is 4. The Balaban J connectivity index is 1.58. The molecule has 0 amide bonds. The van der Waals surface area contributed by atoms with Gasteiger partial charge in [-0.25, -0.2) is 4.39 Å². The second-order valence-electron chi connectivity index (χ2n) is 6.14. The highest BCUT2D eigenvalue weighted by molar-refractivity contribution is 5.67. The summed E-state index contributed by atoms with van der Waals surface area (Å²) in [5.41, 5.74) is 3.68. The van der Waals surface area contributed by atoms with E-state index in [1.807, 2.05) is 17.0 Å². The minimum atomic E-state index is -0.280. The molecule has 0 fully saturated rings. The molecule has 4 nitrogen and oxygen atoms in total. The molecule has 1 aromatic heterocycles. The van der Waals surface area contributed by atoms with Gasteiger partial charge in [-0.15, -0.1) is 0 Å². The van der Waals surface area contributed by atoms with Crippen LogP contribution in [0.3, 0.4) is 0 Å². The van der Waals surface area contributed by atoms with Gasteiger partial charge in [0.25, 0.3) is 0 Å². The van der Waals surface area contributed by atoms with Crippen LogP contribution in [0.25, 0.3) is 12.2 Å². The minimum Gasteiger partial charge on any atom is -0.420 e. The fourth-order valence-corrected chi connectivity index (χ4v) is 3.10. The standard InChI is InChI=1S/C21H16FN3O/c22-18-8-5-15(6-9-18)7-10-20-24-19(13-23)21(26-20)25-12-11-16-3-1-2-4-17(16)14-25/h1-10H,11-12,14H2. The summed E-state index contributed by atoms with van der Waals surface area (Å²) in [6.45, 7) is 1.48. The molecule has 5 heteroatoms. The molecule has 128 valence electrons. The summed E-state index contributed by atoms with van der Waals surface area (Å²) >= 11 is 0. The lowest BCUT2D eigenvalue weighted by molar-refractivity contribution is 0.520. The fraction of sp³-hybridized carbons (Fsp3) is 0.143. The van der Waals surface area contributed by atoms with Crippen LogP contribution in [-0.2, 0) is 13.0 Å². The average molecular weight is 345 g/mol. The number of halogens is 1. The monoisotopic (exact) mass is 345 g/mol. The van der Waals surface area contributed by atoms with Crippen molar-refractivity contribution in [3.05, 3.63) is 82.6 Å². The van der Waals surface area contributed by atoms with Gasteiger partial charge in [0.15, 0.2) is 0 Å². The Morgan fingerprint density at radius 2 is 1.85 bits per heavy atom. The zero-order chi connectivity index (χ0) is 17.9.